The van der Waals surface area contributed by atoms with Crippen molar-refractivity contribution in [3.63, 3.8) is 0 Å². The second-order valence-electron chi connectivity index (χ2n) is 7.99. The van der Waals surface area contributed by atoms with Crippen molar-refractivity contribution in [1.82, 2.24) is 19.8 Å². The molecule has 1 aliphatic heterocycles. The van der Waals surface area contributed by atoms with Gasteiger partial charge in [-0.2, -0.15) is 0 Å². The summed E-state index contributed by atoms with van der Waals surface area (Å²) in [7, 11) is 0. The molecule has 2 aromatic rings. The highest BCUT2D eigenvalue weighted by atomic mass is 35.5. The number of carbonyl (C=O) groups excluding carboxylic acids is 3. The molecule has 0 radical (unpaired) electrons. The molecular weight excluding hydrogens is 478 g/mol. The van der Waals surface area contributed by atoms with Gasteiger partial charge in [-0.25, -0.2) is 14.8 Å². The van der Waals surface area contributed by atoms with Crippen LogP contribution in [0.3, 0.4) is 0 Å². The zero-order valence-corrected chi connectivity index (χ0v) is 20.2. The third kappa shape index (κ3) is 5.46. The van der Waals surface area contributed by atoms with Crippen molar-refractivity contribution in [3.05, 3.63) is 74.3 Å². The van der Waals surface area contributed by atoms with E-state index in [9.17, 15) is 24.5 Å². The van der Waals surface area contributed by atoms with Gasteiger partial charge in [-0.05, 0) is 26.8 Å². The Balaban J connectivity index is 1.81. The first-order valence-corrected chi connectivity index (χ1v) is 11.1. The number of rotatable bonds is 6. The maximum atomic E-state index is 13.4. The van der Waals surface area contributed by atoms with Gasteiger partial charge in [0.05, 0.1) is 21.2 Å². The van der Waals surface area contributed by atoms with E-state index < -0.39 is 28.7 Å². The van der Waals surface area contributed by atoms with Crippen molar-refractivity contribution in [3.8, 4) is 0 Å². The summed E-state index contributed by atoms with van der Waals surface area (Å²) in [4.78, 5) is 60.8. The predicted molar refractivity (Wildman–Crippen MR) is 126 cm³/mol. The molecule has 184 valence electrons. The molecule has 1 atom stereocenters. The number of carbonyl (C=O) groups is 3. The van der Waals surface area contributed by atoms with E-state index in [1.54, 1.807) is 25.7 Å². The zero-order valence-electron chi connectivity index (χ0n) is 19.5. The van der Waals surface area contributed by atoms with Gasteiger partial charge >= 0.3 is 5.97 Å². The number of hydrogen-bond donors (Lipinski definition) is 0. The number of amides is 2. The summed E-state index contributed by atoms with van der Waals surface area (Å²) in [5, 5.41) is 10.9. The summed E-state index contributed by atoms with van der Waals surface area (Å²) >= 11 is 6.13. The number of nitro benzene ring substituents is 1. The average molecular weight is 502 g/mol. The summed E-state index contributed by atoms with van der Waals surface area (Å²) < 4.78 is 5.11. The minimum absolute atomic E-state index is 0.00808. The first-order valence-electron chi connectivity index (χ1n) is 10.7. The highest BCUT2D eigenvalue weighted by Gasteiger charge is 2.34. The van der Waals surface area contributed by atoms with Crippen molar-refractivity contribution >= 4 is 35.1 Å². The van der Waals surface area contributed by atoms with Crippen LogP contribution in [0.2, 0.25) is 5.02 Å². The van der Waals surface area contributed by atoms with Crippen molar-refractivity contribution < 1.29 is 24.0 Å². The van der Waals surface area contributed by atoms with E-state index in [0.717, 1.165) is 6.07 Å². The number of piperazine rings is 1. The van der Waals surface area contributed by atoms with Gasteiger partial charge in [0.1, 0.15) is 23.7 Å². The van der Waals surface area contributed by atoms with E-state index in [0.29, 0.717) is 11.5 Å². The first-order chi connectivity index (χ1) is 16.5. The Bertz CT molecular complexity index is 1220. The Labute approximate surface area is 206 Å². The third-order valence-electron chi connectivity index (χ3n) is 5.51. The van der Waals surface area contributed by atoms with Gasteiger partial charge in [0.2, 0.25) is 0 Å². The number of aryl methyl sites for hydroxylation is 2. The molecule has 1 saturated heterocycles. The minimum atomic E-state index is -0.722. The lowest BCUT2D eigenvalue weighted by Gasteiger charge is -2.40. The molecule has 0 N–H and O–H groups in total. The second kappa shape index (κ2) is 10.6. The highest BCUT2D eigenvalue weighted by molar-refractivity contribution is 6.34. The summed E-state index contributed by atoms with van der Waals surface area (Å²) in [5.74, 6) is -1.26. The van der Waals surface area contributed by atoms with Gasteiger partial charge in [-0.1, -0.05) is 24.3 Å². The lowest BCUT2D eigenvalue weighted by atomic mass is 10.1. The van der Waals surface area contributed by atoms with Crippen molar-refractivity contribution in [2.75, 3.05) is 26.2 Å². The maximum absolute atomic E-state index is 13.4. The average Bonchev–Trinajstić information content (AvgIpc) is 2.80. The molecule has 2 amide bonds. The van der Waals surface area contributed by atoms with E-state index in [-0.39, 0.29) is 53.8 Å². The molecule has 0 spiro atoms. The minimum Gasteiger partial charge on any atom is -0.458 e. The Morgan fingerprint density at radius 3 is 2.57 bits per heavy atom. The first kappa shape index (κ1) is 25.8. The second-order valence-corrected chi connectivity index (χ2v) is 8.39. The van der Waals surface area contributed by atoms with Crippen LogP contribution in [0.15, 0.2) is 30.9 Å². The number of ether oxygens (including phenoxy) is 1. The van der Waals surface area contributed by atoms with Crippen LogP contribution in [-0.2, 0) is 4.74 Å². The molecule has 1 aromatic heterocycles. The SMILES string of the molecule is C=CCOC(=O)c1c(C)nc(C)nc1C(=O)N1CCN(C(=O)c2ccc([N+](=O)[O-])cc2Cl)C(C)C1. The van der Waals surface area contributed by atoms with Crippen molar-refractivity contribution in [2.45, 2.75) is 26.8 Å². The Morgan fingerprint density at radius 1 is 1.26 bits per heavy atom. The van der Waals surface area contributed by atoms with Gasteiger partial charge in [0, 0.05) is 37.8 Å². The van der Waals surface area contributed by atoms with Crippen LogP contribution in [-0.4, -0.2) is 74.8 Å². The van der Waals surface area contributed by atoms with Crippen molar-refractivity contribution in [2.24, 2.45) is 0 Å². The number of aromatic nitrogens is 2. The fourth-order valence-electron chi connectivity index (χ4n) is 3.86. The molecule has 1 aliphatic rings. The van der Waals surface area contributed by atoms with E-state index >= 15 is 0 Å². The number of nitrogens with zero attached hydrogens (tertiary/aromatic N) is 5. The maximum Gasteiger partial charge on any atom is 0.342 e. The summed E-state index contributed by atoms with van der Waals surface area (Å²) in [6, 6.07) is 3.27. The molecule has 11 nitrogen and oxygen atoms in total. The van der Waals surface area contributed by atoms with Gasteiger partial charge in [0.15, 0.2) is 0 Å². The Hall–Kier alpha value is -3.86. The molecule has 0 aliphatic carbocycles. The predicted octanol–water partition coefficient (Wildman–Crippen LogP) is 2.98. The summed E-state index contributed by atoms with van der Waals surface area (Å²) in [6.07, 6.45) is 1.42. The van der Waals surface area contributed by atoms with Crippen LogP contribution in [0, 0.1) is 24.0 Å². The quantitative estimate of drug-likeness (QED) is 0.255. The number of non-ortho nitro benzene ring substituents is 1. The largest absolute Gasteiger partial charge is 0.458 e. The fourth-order valence-corrected chi connectivity index (χ4v) is 4.11. The lowest BCUT2D eigenvalue weighted by Crippen LogP contribution is -2.55. The number of hydrogen-bond acceptors (Lipinski definition) is 8. The normalized spacial score (nSPS) is 15.5. The fraction of sp³-hybridized carbons (Fsp3) is 0.348. The molecule has 1 fully saturated rings. The van der Waals surface area contributed by atoms with Crippen LogP contribution in [0.25, 0.3) is 0 Å². The van der Waals surface area contributed by atoms with Crippen LogP contribution in [0.4, 0.5) is 5.69 Å². The van der Waals surface area contributed by atoms with Crippen LogP contribution < -0.4 is 0 Å². The number of halogens is 1. The van der Waals surface area contributed by atoms with Crippen LogP contribution in [0.5, 0.6) is 0 Å². The van der Waals surface area contributed by atoms with Gasteiger partial charge < -0.3 is 14.5 Å². The standard InChI is InChI=1S/C23H24ClN5O6/c1-5-10-35-23(32)19-14(3)25-15(4)26-20(19)22(31)27-8-9-28(13(2)12-27)21(30)17-7-6-16(29(33)34)11-18(17)24/h5-7,11,13H,1,8-10,12H2,2-4H3. The molecule has 1 unspecified atom stereocenters. The van der Waals surface area contributed by atoms with Crippen LogP contribution >= 0.6 is 11.6 Å². The highest BCUT2D eigenvalue weighted by Crippen LogP contribution is 2.26. The summed E-state index contributed by atoms with van der Waals surface area (Å²) in [5.41, 5.74) is 0.177. The number of esters is 1. The van der Waals surface area contributed by atoms with Gasteiger partial charge in [-0.15, -0.1) is 0 Å². The Kier molecular flexibility index (Phi) is 7.80. The zero-order chi connectivity index (χ0) is 25.9. The molecular formula is C23H24ClN5O6. The van der Waals surface area contributed by atoms with E-state index in [1.807, 2.05) is 0 Å². The topological polar surface area (TPSA) is 136 Å². The molecule has 2 heterocycles. The van der Waals surface area contributed by atoms with Crippen molar-refractivity contribution in [1.29, 1.82) is 0 Å². The monoisotopic (exact) mass is 501 g/mol. The molecule has 0 bridgehead atoms. The molecule has 12 heteroatoms. The number of nitro groups is 1. The van der Waals surface area contributed by atoms with E-state index in [1.165, 1.54) is 23.1 Å². The molecule has 35 heavy (non-hydrogen) atoms. The van der Waals surface area contributed by atoms with E-state index in [4.69, 9.17) is 16.3 Å². The lowest BCUT2D eigenvalue weighted by molar-refractivity contribution is -0.384. The Morgan fingerprint density at radius 2 is 1.97 bits per heavy atom. The number of benzene rings is 1. The third-order valence-corrected chi connectivity index (χ3v) is 5.82. The van der Waals surface area contributed by atoms with Gasteiger partial charge in [0.25, 0.3) is 17.5 Å². The molecule has 0 saturated carbocycles. The summed E-state index contributed by atoms with van der Waals surface area (Å²) in [6.45, 7) is 9.03. The smallest absolute Gasteiger partial charge is 0.342 e. The van der Waals surface area contributed by atoms with E-state index in [2.05, 4.69) is 16.5 Å². The van der Waals surface area contributed by atoms with Gasteiger partial charge in [-0.3, -0.25) is 19.7 Å². The molecule has 3 rings (SSSR count). The molecule has 1 aromatic carbocycles. The van der Waals surface area contributed by atoms with Crippen LogP contribution in [0.1, 0.15) is 49.6 Å².